The molecule has 1 saturated heterocycles. The van der Waals surface area contributed by atoms with Gasteiger partial charge in [0.05, 0.1) is 0 Å². The van der Waals surface area contributed by atoms with Crippen LogP contribution in [0, 0.1) is 0 Å². The van der Waals surface area contributed by atoms with Crippen molar-refractivity contribution in [3.05, 3.63) is 24.0 Å². The lowest BCUT2D eigenvalue weighted by Gasteiger charge is -2.33. The minimum absolute atomic E-state index is 0.135. The molecule has 1 aliphatic heterocycles. The lowest BCUT2D eigenvalue weighted by molar-refractivity contribution is -0.143. The molecule has 1 atom stereocenters. The quantitative estimate of drug-likeness (QED) is 0.888. The molecule has 112 valence electrons. The maximum atomic E-state index is 12.9. The summed E-state index contributed by atoms with van der Waals surface area (Å²) in [5.74, 6) is 0. The van der Waals surface area contributed by atoms with Crippen molar-refractivity contribution >= 4 is 10.0 Å². The molecule has 0 aromatic carbocycles. The number of pyridine rings is 1. The van der Waals surface area contributed by atoms with E-state index in [1.54, 1.807) is 6.92 Å². The first-order chi connectivity index (χ1) is 9.24. The van der Waals surface area contributed by atoms with Crippen molar-refractivity contribution < 1.29 is 21.6 Å². The van der Waals surface area contributed by atoms with Gasteiger partial charge in [-0.2, -0.15) is 17.5 Å². The fraction of sp³-hybridized carbons (Fsp3) is 0.545. The summed E-state index contributed by atoms with van der Waals surface area (Å²) in [5.41, 5.74) is -1.37. The Labute approximate surface area is 114 Å². The van der Waals surface area contributed by atoms with E-state index in [1.807, 2.05) is 0 Å². The van der Waals surface area contributed by atoms with Crippen LogP contribution in [0.1, 0.15) is 12.6 Å². The van der Waals surface area contributed by atoms with Crippen molar-refractivity contribution in [1.29, 1.82) is 0 Å². The van der Waals surface area contributed by atoms with Crippen LogP contribution in [0.3, 0.4) is 0 Å². The highest BCUT2D eigenvalue weighted by molar-refractivity contribution is 7.89. The number of halogens is 3. The zero-order valence-electron chi connectivity index (χ0n) is 10.7. The Hall–Kier alpha value is -1.19. The third-order valence-corrected chi connectivity index (χ3v) is 5.11. The summed E-state index contributed by atoms with van der Waals surface area (Å²) < 4.78 is 64.6. The second-order valence-corrected chi connectivity index (χ2v) is 6.38. The number of nitrogens with zero attached hydrogens (tertiary/aromatic N) is 2. The summed E-state index contributed by atoms with van der Waals surface area (Å²) in [4.78, 5) is 2.40. The number of alkyl halides is 3. The first kappa shape index (κ1) is 15.2. The molecule has 0 bridgehead atoms. The Morgan fingerprint density at radius 3 is 2.75 bits per heavy atom. The van der Waals surface area contributed by atoms with Crippen molar-refractivity contribution in [2.45, 2.75) is 24.0 Å². The first-order valence-corrected chi connectivity index (χ1v) is 7.43. The molecule has 2 heterocycles. The second-order valence-electron chi connectivity index (χ2n) is 4.52. The van der Waals surface area contributed by atoms with Gasteiger partial charge < -0.3 is 5.32 Å². The van der Waals surface area contributed by atoms with E-state index in [-0.39, 0.29) is 6.54 Å². The summed E-state index contributed by atoms with van der Waals surface area (Å²) in [6.45, 7) is 2.59. The molecule has 9 heteroatoms. The van der Waals surface area contributed by atoms with Crippen LogP contribution in [0.5, 0.6) is 0 Å². The van der Waals surface area contributed by atoms with E-state index in [4.69, 9.17) is 0 Å². The van der Waals surface area contributed by atoms with Gasteiger partial charge >= 0.3 is 6.18 Å². The van der Waals surface area contributed by atoms with Crippen molar-refractivity contribution in [2.24, 2.45) is 0 Å². The average Bonchev–Trinajstić information content (AvgIpc) is 2.38. The van der Waals surface area contributed by atoms with Gasteiger partial charge in [0.25, 0.3) is 0 Å². The molecular formula is C11H14F3N3O2S. The van der Waals surface area contributed by atoms with Gasteiger partial charge in [0.1, 0.15) is 4.90 Å². The van der Waals surface area contributed by atoms with Crippen LogP contribution in [0.2, 0.25) is 0 Å². The van der Waals surface area contributed by atoms with Gasteiger partial charge in [-0.15, -0.1) is 0 Å². The number of rotatable bonds is 2. The Morgan fingerprint density at radius 1 is 1.45 bits per heavy atom. The first-order valence-electron chi connectivity index (χ1n) is 5.99. The van der Waals surface area contributed by atoms with Gasteiger partial charge in [-0.3, -0.25) is 4.98 Å². The van der Waals surface area contributed by atoms with Crippen LogP contribution in [-0.4, -0.2) is 43.4 Å². The second kappa shape index (κ2) is 5.30. The Kier molecular flexibility index (Phi) is 4.03. The molecule has 1 fully saturated rings. The standard InChI is InChI=1S/C11H14F3N3O2S/c1-8-7-15-5-6-17(8)20(18,19)9-3-2-4-16-10(9)11(12,13)14/h2-4,8,15H,5-7H2,1H3/t8-/m1/s1. The number of hydrogen-bond donors (Lipinski definition) is 1. The molecule has 0 amide bonds. The SMILES string of the molecule is C[C@@H]1CNCCN1S(=O)(=O)c1cccnc1C(F)(F)F. The van der Waals surface area contributed by atoms with Crippen LogP contribution in [0.4, 0.5) is 13.2 Å². The van der Waals surface area contributed by atoms with Gasteiger partial charge in [-0.25, -0.2) is 8.42 Å². The number of aromatic nitrogens is 1. The molecule has 1 aromatic heterocycles. The van der Waals surface area contributed by atoms with Crippen molar-refractivity contribution in [3.8, 4) is 0 Å². The highest BCUT2D eigenvalue weighted by Gasteiger charge is 2.41. The van der Waals surface area contributed by atoms with Crippen LogP contribution in [0.25, 0.3) is 0 Å². The lowest BCUT2D eigenvalue weighted by atomic mass is 10.3. The molecule has 1 aromatic rings. The molecular weight excluding hydrogens is 295 g/mol. The summed E-state index contributed by atoms with van der Waals surface area (Å²) >= 11 is 0. The van der Waals surface area contributed by atoms with Gasteiger partial charge in [0.15, 0.2) is 5.69 Å². The largest absolute Gasteiger partial charge is 0.434 e. The average molecular weight is 309 g/mol. The smallest absolute Gasteiger partial charge is 0.314 e. The van der Waals surface area contributed by atoms with Crippen LogP contribution < -0.4 is 5.32 Å². The van der Waals surface area contributed by atoms with E-state index in [2.05, 4.69) is 10.3 Å². The zero-order chi connectivity index (χ0) is 15.0. The van der Waals surface area contributed by atoms with E-state index in [9.17, 15) is 21.6 Å². The molecule has 5 nitrogen and oxygen atoms in total. The Balaban J connectivity index is 2.50. The Morgan fingerprint density at radius 2 is 2.15 bits per heavy atom. The molecule has 0 aliphatic carbocycles. The minimum Gasteiger partial charge on any atom is -0.314 e. The predicted octanol–water partition coefficient (Wildman–Crippen LogP) is 1.08. The molecule has 1 N–H and O–H groups in total. The van der Waals surface area contributed by atoms with Gasteiger partial charge in [-0.1, -0.05) is 0 Å². The topological polar surface area (TPSA) is 62.3 Å². The third-order valence-electron chi connectivity index (χ3n) is 3.07. The van der Waals surface area contributed by atoms with Crippen molar-refractivity contribution in [3.63, 3.8) is 0 Å². The maximum absolute atomic E-state index is 12.9. The van der Waals surface area contributed by atoms with Crippen LogP contribution >= 0.6 is 0 Å². The lowest BCUT2D eigenvalue weighted by Crippen LogP contribution is -2.52. The summed E-state index contributed by atoms with van der Waals surface area (Å²) in [6, 6.07) is 1.73. The minimum atomic E-state index is -4.80. The number of nitrogens with one attached hydrogen (secondary N) is 1. The number of piperazine rings is 1. The van der Waals surface area contributed by atoms with Gasteiger partial charge in [0.2, 0.25) is 10.0 Å². The summed E-state index contributed by atoms with van der Waals surface area (Å²) in [7, 11) is -4.21. The van der Waals surface area contributed by atoms with E-state index >= 15 is 0 Å². The monoisotopic (exact) mass is 309 g/mol. The van der Waals surface area contributed by atoms with E-state index in [1.165, 1.54) is 6.07 Å². The van der Waals surface area contributed by atoms with Crippen molar-refractivity contribution in [2.75, 3.05) is 19.6 Å². The molecule has 2 rings (SSSR count). The third kappa shape index (κ3) is 2.79. The van der Waals surface area contributed by atoms with Crippen LogP contribution in [-0.2, 0) is 16.2 Å². The molecule has 1 aliphatic rings. The fourth-order valence-corrected chi connectivity index (χ4v) is 3.91. The molecule has 20 heavy (non-hydrogen) atoms. The zero-order valence-corrected chi connectivity index (χ0v) is 11.5. The summed E-state index contributed by atoms with van der Waals surface area (Å²) in [6.07, 6.45) is -3.87. The van der Waals surface area contributed by atoms with E-state index in [0.29, 0.717) is 13.1 Å². The number of sulfonamides is 1. The summed E-state index contributed by atoms with van der Waals surface area (Å²) in [5, 5.41) is 2.99. The van der Waals surface area contributed by atoms with E-state index in [0.717, 1.165) is 16.6 Å². The van der Waals surface area contributed by atoms with Crippen LogP contribution in [0.15, 0.2) is 23.2 Å². The normalized spacial score (nSPS) is 21.9. The van der Waals surface area contributed by atoms with Gasteiger partial charge in [-0.05, 0) is 19.1 Å². The van der Waals surface area contributed by atoms with E-state index < -0.39 is 32.8 Å². The predicted molar refractivity (Wildman–Crippen MR) is 65.5 cm³/mol. The Bertz CT molecular complexity index is 589. The molecule has 0 spiro atoms. The highest BCUT2D eigenvalue weighted by atomic mass is 32.2. The molecule has 0 radical (unpaired) electrons. The molecule has 0 saturated carbocycles. The highest BCUT2D eigenvalue weighted by Crippen LogP contribution is 2.33. The number of hydrogen-bond acceptors (Lipinski definition) is 4. The fourth-order valence-electron chi connectivity index (χ4n) is 2.12. The van der Waals surface area contributed by atoms with Gasteiger partial charge in [0, 0.05) is 31.9 Å². The van der Waals surface area contributed by atoms with Crippen molar-refractivity contribution in [1.82, 2.24) is 14.6 Å². The molecule has 0 unspecified atom stereocenters. The maximum Gasteiger partial charge on any atom is 0.434 e.